The molecule has 0 aliphatic heterocycles. The van der Waals surface area contributed by atoms with E-state index >= 15 is 0 Å². The lowest BCUT2D eigenvalue weighted by molar-refractivity contribution is 0.0998. The first-order chi connectivity index (χ1) is 6.95. The van der Waals surface area contributed by atoms with Crippen molar-refractivity contribution in [3.05, 3.63) is 29.8 Å². The SMILES string of the molecule is C#CCC(=O)c1ccc(S(C)(=O)=O)cc1. The van der Waals surface area contributed by atoms with E-state index in [4.69, 9.17) is 6.42 Å². The number of carbonyl (C=O) groups is 1. The van der Waals surface area contributed by atoms with Crippen molar-refractivity contribution in [2.45, 2.75) is 11.3 Å². The molecule has 0 aliphatic carbocycles. The van der Waals surface area contributed by atoms with Crippen molar-refractivity contribution < 1.29 is 13.2 Å². The quantitative estimate of drug-likeness (QED) is 0.572. The Kier molecular flexibility index (Phi) is 3.28. The molecule has 0 N–H and O–H groups in total. The van der Waals surface area contributed by atoms with E-state index in [1.807, 2.05) is 0 Å². The van der Waals surface area contributed by atoms with Gasteiger partial charge in [0.05, 0.1) is 11.3 Å². The van der Waals surface area contributed by atoms with E-state index in [1.54, 1.807) is 0 Å². The molecule has 78 valence electrons. The van der Waals surface area contributed by atoms with Crippen LogP contribution in [0.1, 0.15) is 16.8 Å². The highest BCUT2D eigenvalue weighted by Crippen LogP contribution is 2.11. The molecule has 0 aromatic heterocycles. The van der Waals surface area contributed by atoms with Crippen LogP contribution in [0.3, 0.4) is 0 Å². The van der Waals surface area contributed by atoms with E-state index in [1.165, 1.54) is 24.3 Å². The van der Waals surface area contributed by atoms with Gasteiger partial charge in [-0.2, -0.15) is 0 Å². The molecule has 0 saturated carbocycles. The minimum Gasteiger partial charge on any atom is -0.293 e. The molecule has 0 fully saturated rings. The van der Waals surface area contributed by atoms with E-state index < -0.39 is 9.84 Å². The fraction of sp³-hybridized carbons (Fsp3) is 0.182. The molecule has 0 spiro atoms. The van der Waals surface area contributed by atoms with Gasteiger partial charge in [0.15, 0.2) is 15.6 Å². The smallest absolute Gasteiger partial charge is 0.175 e. The number of terminal acetylenes is 1. The number of benzene rings is 1. The van der Waals surface area contributed by atoms with Gasteiger partial charge in [0.1, 0.15) is 0 Å². The Bertz CT molecular complexity index is 504. The van der Waals surface area contributed by atoms with Crippen LogP contribution in [-0.4, -0.2) is 20.5 Å². The highest BCUT2D eigenvalue weighted by Gasteiger charge is 2.08. The molecule has 3 nitrogen and oxygen atoms in total. The number of hydrogen-bond acceptors (Lipinski definition) is 3. The molecule has 1 rings (SSSR count). The van der Waals surface area contributed by atoms with Gasteiger partial charge in [-0.1, -0.05) is 18.1 Å². The molecule has 0 unspecified atom stereocenters. The largest absolute Gasteiger partial charge is 0.293 e. The summed E-state index contributed by atoms with van der Waals surface area (Å²) in [6.07, 6.45) is 6.14. The maximum Gasteiger partial charge on any atom is 0.175 e. The first-order valence-corrected chi connectivity index (χ1v) is 6.11. The van der Waals surface area contributed by atoms with Crippen LogP contribution >= 0.6 is 0 Å². The summed E-state index contributed by atoms with van der Waals surface area (Å²) >= 11 is 0. The van der Waals surface area contributed by atoms with Crippen molar-refractivity contribution in [2.75, 3.05) is 6.26 Å². The third-order valence-electron chi connectivity index (χ3n) is 1.87. The summed E-state index contributed by atoms with van der Waals surface area (Å²) in [6, 6.07) is 5.74. The topological polar surface area (TPSA) is 51.2 Å². The summed E-state index contributed by atoms with van der Waals surface area (Å²) in [7, 11) is -3.21. The van der Waals surface area contributed by atoms with Gasteiger partial charge < -0.3 is 0 Å². The fourth-order valence-corrected chi connectivity index (χ4v) is 1.71. The van der Waals surface area contributed by atoms with Gasteiger partial charge in [-0.25, -0.2) is 8.42 Å². The number of rotatable bonds is 3. The molecule has 0 aliphatic rings. The van der Waals surface area contributed by atoms with Crippen molar-refractivity contribution in [1.29, 1.82) is 0 Å². The van der Waals surface area contributed by atoms with Gasteiger partial charge in [-0.05, 0) is 12.1 Å². The average Bonchev–Trinajstić information content (AvgIpc) is 2.17. The summed E-state index contributed by atoms with van der Waals surface area (Å²) in [5, 5.41) is 0. The van der Waals surface area contributed by atoms with Crippen LogP contribution in [0.15, 0.2) is 29.2 Å². The lowest BCUT2D eigenvalue weighted by Gasteiger charge is -2.00. The Morgan fingerprint density at radius 1 is 1.33 bits per heavy atom. The second-order valence-electron chi connectivity index (χ2n) is 3.10. The van der Waals surface area contributed by atoms with Gasteiger partial charge in [0, 0.05) is 11.8 Å². The predicted octanol–water partition coefficient (Wildman–Crippen LogP) is 1.30. The highest BCUT2D eigenvalue weighted by atomic mass is 32.2. The number of ketones is 1. The Morgan fingerprint density at radius 2 is 1.87 bits per heavy atom. The van der Waals surface area contributed by atoms with E-state index in [0.29, 0.717) is 5.56 Å². The number of hydrogen-bond donors (Lipinski definition) is 0. The van der Waals surface area contributed by atoms with Gasteiger partial charge in [0.2, 0.25) is 0 Å². The van der Waals surface area contributed by atoms with Crippen molar-refractivity contribution in [1.82, 2.24) is 0 Å². The summed E-state index contributed by atoms with van der Waals surface area (Å²) in [4.78, 5) is 11.5. The monoisotopic (exact) mass is 222 g/mol. The van der Waals surface area contributed by atoms with E-state index in [-0.39, 0.29) is 17.1 Å². The Balaban J connectivity index is 3.02. The fourth-order valence-electron chi connectivity index (χ4n) is 1.08. The van der Waals surface area contributed by atoms with Gasteiger partial charge in [-0.3, -0.25) is 4.79 Å². The minimum absolute atomic E-state index is 0.0260. The van der Waals surface area contributed by atoms with E-state index in [0.717, 1.165) is 6.26 Å². The third-order valence-corrected chi connectivity index (χ3v) is 3.00. The molecule has 0 radical (unpaired) electrons. The molecule has 15 heavy (non-hydrogen) atoms. The number of carbonyl (C=O) groups excluding carboxylic acids is 1. The zero-order valence-corrected chi connectivity index (χ0v) is 9.04. The molecule has 1 aromatic rings. The van der Waals surface area contributed by atoms with Crippen molar-refractivity contribution in [3.8, 4) is 12.3 Å². The Hall–Kier alpha value is -1.60. The predicted molar refractivity (Wildman–Crippen MR) is 57.3 cm³/mol. The van der Waals surface area contributed by atoms with Gasteiger partial charge >= 0.3 is 0 Å². The second kappa shape index (κ2) is 4.28. The second-order valence-corrected chi connectivity index (χ2v) is 5.12. The molecule has 0 heterocycles. The molecule has 0 bridgehead atoms. The summed E-state index contributed by atoms with van der Waals surface area (Å²) in [6.45, 7) is 0. The summed E-state index contributed by atoms with van der Waals surface area (Å²) in [5.41, 5.74) is 0.431. The zero-order valence-electron chi connectivity index (χ0n) is 8.23. The Labute approximate surface area is 89.0 Å². The van der Waals surface area contributed by atoms with Gasteiger partial charge in [0.25, 0.3) is 0 Å². The molecule has 1 aromatic carbocycles. The zero-order chi connectivity index (χ0) is 11.5. The first kappa shape index (κ1) is 11.5. The molecule has 0 amide bonds. The van der Waals surface area contributed by atoms with E-state index in [9.17, 15) is 13.2 Å². The molecule has 4 heteroatoms. The van der Waals surface area contributed by atoms with Crippen LogP contribution in [0.4, 0.5) is 0 Å². The van der Waals surface area contributed by atoms with Crippen molar-refractivity contribution in [2.24, 2.45) is 0 Å². The Morgan fingerprint density at radius 3 is 2.27 bits per heavy atom. The third kappa shape index (κ3) is 2.93. The van der Waals surface area contributed by atoms with Crippen LogP contribution in [0.25, 0.3) is 0 Å². The molecular formula is C11H10O3S. The van der Waals surface area contributed by atoms with Crippen molar-refractivity contribution >= 4 is 15.6 Å². The van der Waals surface area contributed by atoms with Crippen molar-refractivity contribution in [3.63, 3.8) is 0 Å². The van der Waals surface area contributed by atoms with Crippen LogP contribution in [-0.2, 0) is 9.84 Å². The van der Waals surface area contributed by atoms with E-state index in [2.05, 4.69) is 5.92 Å². The number of Topliss-reactive ketones (excluding diaryl/α,β-unsaturated/α-hetero) is 1. The summed E-state index contributed by atoms with van der Waals surface area (Å²) in [5.74, 6) is 2.06. The van der Waals surface area contributed by atoms with Crippen LogP contribution in [0.5, 0.6) is 0 Å². The molecular weight excluding hydrogens is 212 g/mol. The van der Waals surface area contributed by atoms with Crippen LogP contribution in [0.2, 0.25) is 0 Å². The maximum atomic E-state index is 11.3. The first-order valence-electron chi connectivity index (χ1n) is 4.22. The van der Waals surface area contributed by atoms with Crippen LogP contribution in [0, 0.1) is 12.3 Å². The molecule has 0 saturated heterocycles. The maximum absolute atomic E-state index is 11.3. The minimum atomic E-state index is -3.21. The molecule has 0 atom stereocenters. The number of sulfone groups is 1. The van der Waals surface area contributed by atoms with Gasteiger partial charge in [-0.15, -0.1) is 6.42 Å². The average molecular weight is 222 g/mol. The van der Waals surface area contributed by atoms with Crippen LogP contribution < -0.4 is 0 Å². The normalized spacial score (nSPS) is 10.7. The highest BCUT2D eigenvalue weighted by molar-refractivity contribution is 7.90. The standard InChI is InChI=1S/C11H10O3S/c1-3-4-11(12)9-5-7-10(8-6-9)15(2,13)14/h1,5-8H,4H2,2H3. The lowest BCUT2D eigenvalue weighted by atomic mass is 10.1. The lowest BCUT2D eigenvalue weighted by Crippen LogP contribution is -2.00. The summed E-state index contributed by atoms with van der Waals surface area (Å²) < 4.78 is 22.2.